The summed E-state index contributed by atoms with van der Waals surface area (Å²) in [5.74, 6) is 0.613. The van der Waals surface area contributed by atoms with Crippen LogP contribution in [0, 0.1) is 13.8 Å². The topological polar surface area (TPSA) is 60.7 Å². The first-order chi connectivity index (χ1) is 11.9. The lowest BCUT2D eigenvalue weighted by atomic mass is 9.98. The molecule has 0 fully saturated rings. The van der Waals surface area contributed by atoms with Crippen molar-refractivity contribution in [2.24, 2.45) is 0 Å². The van der Waals surface area contributed by atoms with E-state index in [1.54, 1.807) is 19.4 Å². The summed E-state index contributed by atoms with van der Waals surface area (Å²) >= 11 is 0. The van der Waals surface area contributed by atoms with Crippen LogP contribution in [-0.4, -0.2) is 32.3 Å². The number of allylic oxidation sites excluding steroid dienone is 1. The quantitative estimate of drug-likeness (QED) is 0.771. The second-order valence-electron chi connectivity index (χ2n) is 6.30. The highest BCUT2D eigenvalue weighted by Gasteiger charge is 2.17. The highest BCUT2D eigenvalue weighted by atomic mass is 16.5. The fourth-order valence-electron chi connectivity index (χ4n) is 2.91. The van der Waals surface area contributed by atoms with E-state index in [0.29, 0.717) is 13.2 Å². The minimum atomic E-state index is -0.147. The van der Waals surface area contributed by atoms with E-state index in [-0.39, 0.29) is 11.9 Å². The van der Waals surface area contributed by atoms with Gasteiger partial charge in [0, 0.05) is 35.7 Å². The van der Waals surface area contributed by atoms with Crippen LogP contribution in [0.3, 0.4) is 0 Å². The summed E-state index contributed by atoms with van der Waals surface area (Å²) < 4.78 is 16.6. The highest BCUT2D eigenvalue weighted by molar-refractivity contribution is 5.98. The number of fused-ring (bicyclic) bond motifs is 1. The van der Waals surface area contributed by atoms with Gasteiger partial charge in [-0.1, -0.05) is 0 Å². The lowest BCUT2D eigenvalue weighted by Gasteiger charge is -2.15. The Hall–Kier alpha value is -2.27. The number of aryl methyl sites for hydroxylation is 2. The molecule has 25 heavy (non-hydrogen) atoms. The van der Waals surface area contributed by atoms with Gasteiger partial charge in [-0.05, 0) is 51.8 Å². The number of methoxy groups -OCH3 is 1. The molecule has 1 aromatic heterocycles. The lowest BCUT2D eigenvalue weighted by Crippen LogP contribution is -2.34. The van der Waals surface area contributed by atoms with E-state index in [4.69, 9.17) is 13.9 Å². The smallest absolute Gasteiger partial charge is 0.244 e. The molecule has 2 rings (SSSR count). The fourth-order valence-corrected chi connectivity index (χ4v) is 2.91. The molecular weight excluding hydrogens is 318 g/mol. The van der Waals surface area contributed by atoms with Gasteiger partial charge < -0.3 is 19.2 Å². The van der Waals surface area contributed by atoms with E-state index in [2.05, 4.69) is 5.32 Å². The Morgan fingerprint density at radius 2 is 2.12 bits per heavy atom. The second-order valence-corrected chi connectivity index (χ2v) is 6.30. The van der Waals surface area contributed by atoms with Crippen molar-refractivity contribution in [2.75, 3.05) is 20.3 Å². The molecule has 5 heteroatoms. The first-order valence-electron chi connectivity index (χ1n) is 8.51. The van der Waals surface area contributed by atoms with Crippen LogP contribution in [0.25, 0.3) is 16.5 Å². The van der Waals surface area contributed by atoms with Crippen molar-refractivity contribution in [2.45, 2.75) is 40.7 Å². The third-order valence-electron chi connectivity index (χ3n) is 4.10. The van der Waals surface area contributed by atoms with Crippen molar-refractivity contribution in [3.05, 3.63) is 35.1 Å². The average molecular weight is 345 g/mol. The van der Waals surface area contributed by atoms with Gasteiger partial charge in [-0.2, -0.15) is 0 Å². The zero-order valence-corrected chi connectivity index (χ0v) is 15.9. The van der Waals surface area contributed by atoms with Crippen LogP contribution in [0.5, 0.6) is 5.75 Å². The van der Waals surface area contributed by atoms with Crippen LogP contribution >= 0.6 is 0 Å². The lowest BCUT2D eigenvalue weighted by molar-refractivity contribution is -0.117. The van der Waals surface area contributed by atoms with Crippen molar-refractivity contribution in [3.8, 4) is 5.75 Å². The van der Waals surface area contributed by atoms with Gasteiger partial charge in [0.15, 0.2) is 0 Å². The molecule has 1 unspecified atom stereocenters. The summed E-state index contributed by atoms with van der Waals surface area (Å²) in [5, 5.41) is 3.93. The number of rotatable bonds is 7. The molecule has 1 N–H and O–H groups in total. The summed E-state index contributed by atoms with van der Waals surface area (Å²) in [7, 11) is 1.61. The Bertz CT molecular complexity index is 789. The maximum atomic E-state index is 12.2. The Labute approximate surface area is 149 Å². The zero-order chi connectivity index (χ0) is 18.6. The molecule has 0 aliphatic heterocycles. The van der Waals surface area contributed by atoms with E-state index in [1.807, 2.05) is 40.7 Å². The predicted octanol–water partition coefficient (Wildman–Crippen LogP) is 4.00. The minimum absolute atomic E-state index is 0.0479. The van der Waals surface area contributed by atoms with E-state index in [0.717, 1.165) is 39.0 Å². The van der Waals surface area contributed by atoms with Crippen molar-refractivity contribution >= 4 is 22.4 Å². The molecule has 1 aromatic carbocycles. The average Bonchev–Trinajstić information content (AvgIpc) is 2.91. The van der Waals surface area contributed by atoms with Crippen molar-refractivity contribution < 1.29 is 18.7 Å². The van der Waals surface area contributed by atoms with Crippen LogP contribution < -0.4 is 10.1 Å². The van der Waals surface area contributed by atoms with Crippen LogP contribution in [0.4, 0.5) is 0 Å². The molecule has 0 spiro atoms. The monoisotopic (exact) mass is 345 g/mol. The molecule has 136 valence electrons. The number of ether oxygens (including phenoxy) is 2. The number of hydrogen-bond donors (Lipinski definition) is 1. The van der Waals surface area contributed by atoms with Crippen LogP contribution in [0.2, 0.25) is 0 Å². The van der Waals surface area contributed by atoms with Gasteiger partial charge >= 0.3 is 0 Å². The van der Waals surface area contributed by atoms with Gasteiger partial charge in [-0.3, -0.25) is 4.79 Å². The van der Waals surface area contributed by atoms with Crippen molar-refractivity contribution in [3.63, 3.8) is 0 Å². The van der Waals surface area contributed by atoms with Gasteiger partial charge in [-0.25, -0.2) is 0 Å². The van der Waals surface area contributed by atoms with Gasteiger partial charge in [-0.15, -0.1) is 0 Å². The number of hydrogen-bond acceptors (Lipinski definition) is 4. The normalized spacial score (nSPS) is 13.1. The zero-order valence-electron chi connectivity index (χ0n) is 15.9. The number of carbonyl (C=O) groups is 1. The number of carbonyl (C=O) groups excluding carboxylic acids is 1. The summed E-state index contributed by atoms with van der Waals surface area (Å²) in [6.45, 7) is 10.8. The van der Waals surface area contributed by atoms with E-state index < -0.39 is 0 Å². The van der Waals surface area contributed by atoms with Crippen LogP contribution in [0.1, 0.15) is 37.5 Å². The molecule has 0 aliphatic rings. The first kappa shape index (κ1) is 19.1. The van der Waals surface area contributed by atoms with Gasteiger partial charge in [0.25, 0.3) is 0 Å². The maximum Gasteiger partial charge on any atom is 0.244 e. The largest absolute Gasteiger partial charge is 0.493 e. The number of benzene rings is 1. The Balaban J connectivity index is 2.43. The standard InChI is InChI=1S/C20H27NO4/c1-7-24-19-15(5)20-17(13(3)10-25-20)9-16(19)12(2)8-18(22)21-14(4)11-23-6/h8-10,14H,7,11H2,1-6H3,(H,21,22)/b12-8+. The molecule has 0 saturated heterocycles. The van der Waals surface area contributed by atoms with E-state index in [1.165, 1.54) is 0 Å². The molecule has 5 nitrogen and oxygen atoms in total. The highest BCUT2D eigenvalue weighted by Crippen LogP contribution is 2.37. The summed E-state index contributed by atoms with van der Waals surface area (Å²) in [5.41, 5.74) is 4.59. The predicted molar refractivity (Wildman–Crippen MR) is 100.0 cm³/mol. The molecule has 0 aliphatic carbocycles. The number of furan rings is 1. The van der Waals surface area contributed by atoms with Gasteiger partial charge in [0.2, 0.25) is 5.91 Å². The third-order valence-corrected chi connectivity index (χ3v) is 4.10. The summed E-state index contributed by atoms with van der Waals surface area (Å²) in [6.07, 6.45) is 3.35. The van der Waals surface area contributed by atoms with Crippen LogP contribution in [-0.2, 0) is 9.53 Å². The van der Waals surface area contributed by atoms with Crippen molar-refractivity contribution in [1.29, 1.82) is 0 Å². The molecular formula is C20H27NO4. The molecule has 1 amide bonds. The summed E-state index contributed by atoms with van der Waals surface area (Å²) in [6, 6.07) is 1.98. The number of amides is 1. The molecule has 0 radical (unpaired) electrons. The SMILES string of the molecule is CCOc1c(/C(C)=C/C(=O)NC(C)COC)cc2c(C)coc2c1C. The molecule has 1 heterocycles. The maximum absolute atomic E-state index is 12.2. The minimum Gasteiger partial charge on any atom is -0.493 e. The molecule has 2 aromatic rings. The Kier molecular flexibility index (Phi) is 6.26. The first-order valence-corrected chi connectivity index (χ1v) is 8.51. The summed E-state index contributed by atoms with van der Waals surface area (Å²) in [4.78, 5) is 12.2. The van der Waals surface area contributed by atoms with Crippen LogP contribution in [0.15, 0.2) is 22.8 Å². The van der Waals surface area contributed by atoms with Gasteiger partial charge in [0.05, 0.1) is 19.5 Å². The van der Waals surface area contributed by atoms with E-state index >= 15 is 0 Å². The van der Waals surface area contributed by atoms with E-state index in [9.17, 15) is 4.79 Å². The third kappa shape index (κ3) is 4.23. The Morgan fingerprint density at radius 3 is 2.76 bits per heavy atom. The number of nitrogens with one attached hydrogen (secondary N) is 1. The molecule has 0 saturated carbocycles. The second kappa shape index (κ2) is 8.21. The molecule has 0 bridgehead atoms. The fraction of sp³-hybridized carbons (Fsp3) is 0.450. The Morgan fingerprint density at radius 1 is 1.40 bits per heavy atom. The molecule has 1 atom stereocenters. The van der Waals surface area contributed by atoms with Gasteiger partial charge in [0.1, 0.15) is 11.3 Å². The van der Waals surface area contributed by atoms with Crippen molar-refractivity contribution in [1.82, 2.24) is 5.32 Å².